The molecule has 0 amide bonds. The molecule has 2 aromatic rings. The van der Waals surface area contributed by atoms with Crippen LogP contribution in [-0.4, -0.2) is 10.2 Å². The number of benzene rings is 2. The Labute approximate surface area is 114 Å². The third kappa shape index (κ3) is 2.96. The number of aromatic hydroxyl groups is 1. The van der Waals surface area contributed by atoms with E-state index in [-0.39, 0.29) is 11.2 Å². The van der Waals surface area contributed by atoms with Crippen LogP contribution in [0.1, 0.15) is 43.6 Å². The molecule has 19 heavy (non-hydrogen) atoms. The number of para-hydroxylation sites is 1. The first-order valence-corrected chi connectivity index (χ1v) is 6.46. The summed E-state index contributed by atoms with van der Waals surface area (Å²) >= 11 is 0. The van der Waals surface area contributed by atoms with Gasteiger partial charge in [-0.15, -0.1) is 0 Å². The predicted octanol–water partition coefficient (Wildman–Crippen LogP) is 3.77. The Morgan fingerprint density at radius 1 is 0.895 bits per heavy atom. The van der Waals surface area contributed by atoms with Crippen LogP contribution < -0.4 is 0 Å². The molecule has 2 aromatic carbocycles. The first kappa shape index (κ1) is 13.6. The van der Waals surface area contributed by atoms with Crippen LogP contribution in [0.5, 0.6) is 5.75 Å². The number of aliphatic hydroxyl groups is 1. The van der Waals surface area contributed by atoms with E-state index >= 15 is 0 Å². The number of phenols is 1. The highest BCUT2D eigenvalue weighted by molar-refractivity contribution is 5.40. The second-order valence-electron chi connectivity index (χ2n) is 5.83. The van der Waals surface area contributed by atoms with Crippen molar-refractivity contribution < 1.29 is 10.2 Å². The molecule has 0 saturated carbocycles. The fourth-order valence-electron chi connectivity index (χ4n) is 2.06. The zero-order valence-corrected chi connectivity index (χ0v) is 11.6. The Morgan fingerprint density at radius 3 is 2.00 bits per heavy atom. The molecule has 0 fully saturated rings. The van der Waals surface area contributed by atoms with Gasteiger partial charge in [0.05, 0.1) is 0 Å². The van der Waals surface area contributed by atoms with Crippen LogP contribution in [0.2, 0.25) is 0 Å². The van der Waals surface area contributed by atoms with E-state index in [0.29, 0.717) is 5.56 Å². The van der Waals surface area contributed by atoms with E-state index in [9.17, 15) is 10.2 Å². The minimum atomic E-state index is -0.796. The van der Waals surface area contributed by atoms with E-state index in [1.165, 1.54) is 5.56 Å². The molecule has 2 nitrogen and oxygen atoms in total. The quantitative estimate of drug-likeness (QED) is 0.858. The molecule has 2 rings (SSSR count). The van der Waals surface area contributed by atoms with Gasteiger partial charge in [-0.1, -0.05) is 63.2 Å². The summed E-state index contributed by atoms with van der Waals surface area (Å²) in [5.41, 5.74) is 2.64. The molecule has 0 spiro atoms. The summed E-state index contributed by atoms with van der Waals surface area (Å²) in [5.74, 6) is 0.120. The third-order valence-electron chi connectivity index (χ3n) is 3.32. The van der Waals surface area contributed by atoms with Crippen molar-refractivity contribution in [3.05, 3.63) is 65.2 Å². The maximum Gasteiger partial charge on any atom is 0.121 e. The first-order valence-electron chi connectivity index (χ1n) is 6.46. The molecular formula is C17H20O2. The number of phenolic OH excluding ortho intramolecular Hbond substituents is 1. The lowest BCUT2D eigenvalue weighted by Gasteiger charge is -2.20. The molecular weight excluding hydrogens is 236 g/mol. The standard InChI is InChI=1S/C17H20O2/c1-17(2,3)13-10-8-12(9-11-13)16(19)14-6-4-5-7-15(14)18/h4-11,16,18-19H,1-3H3. The summed E-state index contributed by atoms with van der Waals surface area (Å²) in [7, 11) is 0. The first-order chi connectivity index (χ1) is 8.89. The zero-order valence-electron chi connectivity index (χ0n) is 11.6. The molecule has 0 saturated heterocycles. The molecule has 0 aromatic heterocycles. The summed E-state index contributed by atoms with van der Waals surface area (Å²) in [6, 6.07) is 14.8. The summed E-state index contributed by atoms with van der Waals surface area (Å²) in [5, 5.41) is 20.1. The smallest absolute Gasteiger partial charge is 0.121 e. The highest BCUT2D eigenvalue weighted by Crippen LogP contribution is 2.30. The Hall–Kier alpha value is -1.80. The van der Waals surface area contributed by atoms with Crippen molar-refractivity contribution in [3.63, 3.8) is 0 Å². The Kier molecular flexibility index (Phi) is 3.63. The van der Waals surface area contributed by atoms with Crippen molar-refractivity contribution in [2.75, 3.05) is 0 Å². The molecule has 2 heteroatoms. The van der Waals surface area contributed by atoms with Crippen LogP contribution in [0.15, 0.2) is 48.5 Å². The van der Waals surface area contributed by atoms with Gasteiger partial charge in [-0.05, 0) is 22.6 Å². The topological polar surface area (TPSA) is 40.5 Å². The molecule has 0 aliphatic carbocycles. The summed E-state index contributed by atoms with van der Waals surface area (Å²) in [6.45, 7) is 6.46. The van der Waals surface area contributed by atoms with E-state index in [0.717, 1.165) is 5.56 Å². The predicted molar refractivity (Wildman–Crippen MR) is 77.3 cm³/mol. The van der Waals surface area contributed by atoms with E-state index < -0.39 is 6.10 Å². The van der Waals surface area contributed by atoms with Gasteiger partial charge in [0.25, 0.3) is 0 Å². The van der Waals surface area contributed by atoms with Gasteiger partial charge in [0.2, 0.25) is 0 Å². The van der Waals surface area contributed by atoms with Crippen LogP contribution in [0.4, 0.5) is 0 Å². The van der Waals surface area contributed by atoms with Gasteiger partial charge >= 0.3 is 0 Å². The van der Waals surface area contributed by atoms with Crippen LogP contribution in [0.3, 0.4) is 0 Å². The lowest BCUT2D eigenvalue weighted by molar-refractivity contribution is 0.215. The van der Waals surface area contributed by atoms with Gasteiger partial charge in [0.15, 0.2) is 0 Å². The molecule has 2 N–H and O–H groups in total. The van der Waals surface area contributed by atoms with Gasteiger partial charge in [0.1, 0.15) is 11.9 Å². The average molecular weight is 256 g/mol. The molecule has 0 heterocycles. The number of aliphatic hydroxyl groups excluding tert-OH is 1. The fraction of sp³-hybridized carbons (Fsp3) is 0.294. The largest absolute Gasteiger partial charge is 0.508 e. The van der Waals surface area contributed by atoms with Gasteiger partial charge in [-0.3, -0.25) is 0 Å². The van der Waals surface area contributed by atoms with Crippen LogP contribution in [0, 0.1) is 0 Å². The minimum Gasteiger partial charge on any atom is -0.508 e. The highest BCUT2D eigenvalue weighted by Gasteiger charge is 2.16. The molecule has 0 bridgehead atoms. The maximum absolute atomic E-state index is 10.3. The van der Waals surface area contributed by atoms with Crippen molar-refractivity contribution in [1.82, 2.24) is 0 Å². The van der Waals surface area contributed by atoms with E-state index in [2.05, 4.69) is 20.8 Å². The van der Waals surface area contributed by atoms with E-state index in [1.54, 1.807) is 18.2 Å². The van der Waals surface area contributed by atoms with Crippen molar-refractivity contribution in [2.24, 2.45) is 0 Å². The Balaban J connectivity index is 2.31. The van der Waals surface area contributed by atoms with Crippen molar-refractivity contribution in [1.29, 1.82) is 0 Å². The molecule has 100 valence electrons. The molecule has 1 atom stereocenters. The third-order valence-corrected chi connectivity index (χ3v) is 3.32. The van der Waals surface area contributed by atoms with Crippen LogP contribution in [-0.2, 0) is 5.41 Å². The zero-order chi connectivity index (χ0) is 14.0. The average Bonchev–Trinajstić information content (AvgIpc) is 2.38. The fourth-order valence-corrected chi connectivity index (χ4v) is 2.06. The number of hydrogen-bond acceptors (Lipinski definition) is 2. The van der Waals surface area contributed by atoms with E-state index in [4.69, 9.17) is 0 Å². The monoisotopic (exact) mass is 256 g/mol. The number of rotatable bonds is 2. The van der Waals surface area contributed by atoms with Crippen LogP contribution in [0.25, 0.3) is 0 Å². The summed E-state index contributed by atoms with van der Waals surface area (Å²) < 4.78 is 0. The molecule has 0 radical (unpaired) electrons. The summed E-state index contributed by atoms with van der Waals surface area (Å²) in [6.07, 6.45) is -0.796. The van der Waals surface area contributed by atoms with Crippen molar-refractivity contribution >= 4 is 0 Å². The lowest BCUT2D eigenvalue weighted by atomic mass is 9.86. The number of hydrogen-bond donors (Lipinski definition) is 2. The van der Waals surface area contributed by atoms with Gasteiger partial charge in [-0.25, -0.2) is 0 Å². The van der Waals surface area contributed by atoms with Gasteiger partial charge in [-0.2, -0.15) is 0 Å². The highest BCUT2D eigenvalue weighted by atomic mass is 16.3. The SMILES string of the molecule is CC(C)(C)c1ccc(C(O)c2ccccc2O)cc1. The molecule has 1 unspecified atom stereocenters. The van der Waals surface area contributed by atoms with Gasteiger partial charge in [0, 0.05) is 5.56 Å². The maximum atomic E-state index is 10.3. The second-order valence-corrected chi connectivity index (χ2v) is 5.83. The molecule has 0 aliphatic heterocycles. The summed E-state index contributed by atoms with van der Waals surface area (Å²) in [4.78, 5) is 0. The second kappa shape index (κ2) is 5.06. The van der Waals surface area contributed by atoms with Crippen LogP contribution >= 0.6 is 0 Å². The minimum absolute atomic E-state index is 0.0956. The lowest BCUT2D eigenvalue weighted by Crippen LogP contribution is -2.11. The van der Waals surface area contributed by atoms with Crippen molar-refractivity contribution in [2.45, 2.75) is 32.3 Å². The van der Waals surface area contributed by atoms with Crippen molar-refractivity contribution in [3.8, 4) is 5.75 Å². The Morgan fingerprint density at radius 2 is 1.47 bits per heavy atom. The normalized spacial score (nSPS) is 13.3. The van der Waals surface area contributed by atoms with E-state index in [1.807, 2.05) is 30.3 Å². The van der Waals surface area contributed by atoms with Gasteiger partial charge < -0.3 is 10.2 Å². The Bertz CT molecular complexity index is 550. The molecule has 0 aliphatic rings.